The minimum atomic E-state index is -0.594. The molecule has 0 radical (unpaired) electrons. The second kappa shape index (κ2) is 4.88. The average Bonchev–Trinajstić information content (AvgIpc) is 2.29. The second-order valence-electron chi connectivity index (χ2n) is 4.89. The summed E-state index contributed by atoms with van der Waals surface area (Å²) in [7, 11) is 0. The largest absolute Gasteiger partial charge is 0.491 e. The van der Waals surface area contributed by atoms with Gasteiger partial charge in [0, 0.05) is 0 Å². The molecule has 0 unspecified atom stereocenters. The Labute approximate surface area is 97.3 Å². The summed E-state index contributed by atoms with van der Waals surface area (Å²) < 4.78 is 5.65. The van der Waals surface area contributed by atoms with Crippen LogP contribution in [0.3, 0.4) is 0 Å². The Hall–Kier alpha value is -1.02. The highest BCUT2D eigenvalue weighted by Gasteiger charge is 2.29. The first-order valence-electron chi connectivity index (χ1n) is 6.10. The molecule has 0 aromatic heterocycles. The molecule has 0 saturated heterocycles. The number of hydrogen-bond acceptors (Lipinski definition) is 2. The summed E-state index contributed by atoms with van der Waals surface area (Å²) in [5, 5.41) is 10.3. The molecule has 1 N–H and O–H groups in total. The molecule has 1 fully saturated rings. The number of ether oxygens (including phenoxy) is 1. The van der Waals surface area contributed by atoms with E-state index in [2.05, 4.69) is 6.92 Å². The third-order valence-corrected chi connectivity index (χ3v) is 3.31. The first-order chi connectivity index (χ1) is 7.68. The Morgan fingerprint density at radius 3 is 2.38 bits per heavy atom. The van der Waals surface area contributed by atoms with Crippen LogP contribution in [-0.2, 0) is 0 Å². The minimum absolute atomic E-state index is 0.427. The standard InChI is InChI=1S/C14H20O2/c1-12-5-7-13(8-6-12)16-11-14(15)9-3-2-4-10-14/h5-8,15H,2-4,9-11H2,1H3. The zero-order valence-corrected chi connectivity index (χ0v) is 9.91. The van der Waals surface area contributed by atoms with Crippen LogP contribution in [0.25, 0.3) is 0 Å². The molecule has 0 bridgehead atoms. The molecule has 1 saturated carbocycles. The van der Waals surface area contributed by atoms with E-state index < -0.39 is 5.60 Å². The highest BCUT2D eigenvalue weighted by atomic mass is 16.5. The van der Waals surface area contributed by atoms with Gasteiger partial charge in [-0.05, 0) is 31.9 Å². The molecule has 2 rings (SSSR count). The molecular formula is C14H20O2. The van der Waals surface area contributed by atoms with E-state index in [-0.39, 0.29) is 0 Å². The Morgan fingerprint density at radius 2 is 1.75 bits per heavy atom. The van der Waals surface area contributed by atoms with Gasteiger partial charge in [-0.25, -0.2) is 0 Å². The van der Waals surface area contributed by atoms with E-state index in [1.807, 2.05) is 24.3 Å². The Balaban J connectivity index is 1.88. The van der Waals surface area contributed by atoms with Crippen molar-refractivity contribution < 1.29 is 9.84 Å². The van der Waals surface area contributed by atoms with Crippen LogP contribution in [0.2, 0.25) is 0 Å². The molecule has 1 aliphatic carbocycles. The van der Waals surface area contributed by atoms with E-state index in [1.165, 1.54) is 12.0 Å². The number of rotatable bonds is 3. The summed E-state index contributed by atoms with van der Waals surface area (Å²) in [6.45, 7) is 2.48. The van der Waals surface area contributed by atoms with Crippen LogP contribution in [0.15, 0.2) is 24.3 Å². The lowest BCUT2D eigenvalue weighted by atomic mass is 9.85. The van der Waals surface area contributed by atoms with Crippen molar-refractivity contribution in [2.45, 2.75) is 44.6 Å². The number of aliphatic hydroxyl groups is 1. The van der Waals surface area contributed by atoms with Gasteiger partial charge < -0.3 is 9.84 Å². The van der Waals surface area contributed by atoms with Gasteiger partial charge in [0.2, 0.25) is 0 Å². The summed E-state index contributed by atoms with van der Waals surface area (Å²) in [6, 6.07) is 7.98. The number of benzene rings is 1. The summed E-state index contributed by atoms with van der Waals surface area (Å²) >= 11 is 0. The molecule has 1 aromatic rings. The highest BCUT2D eigenvalue weighted by Crippen LogP contribution is 2.28. The van der Waals surface area contributed by atoms with Crippen molar-refractivity contribution in [3.63, 3.8) is 0 Å². The lowest BCUT2D eigenvalue weighted by molar-refractivity contribution is -0.0339. The summed E-state index contributed by atoms with van der Waals surface area (Å²) in [4.78, 5) is 0. The molecule has 16 heavy (non-hydrogen) atoms. The van der Waals surface area contributed by atoms with Gasteiger partial charge in [0.05, 0.1) is 5.60 Å². The molecule has 2 nitrogen and oxygen atoms in total. The quantitative estimate of drug-likeness (QED) is 0.848. The first kappa shape index (κ1) is 11.5. The van der Waals surface area contributed by atoms with Crippen LogP contribution in [0, 0.1) is 6.92 Å². The number of hydrogen-bond donors (Lipinski definition) is 1. The molecule has 1 aliphatic rings. The maximum atomic E-state index is 10.3. The summed E-state index contributed by atoms with van der Waals surface area (Å²) in [5.41, 5.74) is 0.632. The van der Waals surface area contributed by atoms with Gasteiger partial charge in [0.15, 0.2) is 0 Å². The van der Waals surface area contributed by atoms with Gasteiger partial charge >= 0.3 is 0 Å². The molecule has 2 heteroatoms. The molecule has 0 heterocycles. The van der Waals surface area contributed by atoms with Crippen LogP contribution >= 0.6 is 0 Å². The van der Waals surface area contributed by atoms with Crippen molar-refractivity contribution in [2.75, 3.05) is 6.61 Å². The van der Waals surface area contributed by atoms with Gasteiger partial charge in [0.1, 0.15) is 12.4 Å². The van der Waals surface area contributed by atoms with Gasteiger partial charge in [-0.3, -0.25) is 0 Å². The molecular weight excluding hydrogens is 200 g/mol. The fourth-order valence-electron chi connectivity index (χ4n) is 2.21. The van der Waals surface area contributed by atoms with Crippen LogP contribution in [0.1, 0.15) is 37.7 Å². The fourth-order valence-corrected chi connectivity index (χ4v) is 2.21. The van der Waals surface area contributed by atoms with E-state index in [9.17, 15) is 5.11 Å². The van der Waals surface area contributed by atoms with Crippen molar-refractivity contribution in [3.05, 3.63) is 29.8 Å². The van der Waals surface area contributed by atoms with Crippen LogP contribution in [-0.4, -0.2) is 17.3 Å². The zero-order chi connectivity index (χ0) is 11.4. The predicted molar refractivity (Wildman–Crippen MR) is 64.7 cm³/mol. The van der Waals surface area contributed by atoms with Gasteiger partial charge in [-0.15, -0.1) is 0 Å². The predicted octanol–water partition coefficient (Wildman–Crippen LogP) is 3.07. The maximum absolute atomic E-state index is 10.3. The van der Waals surface area contributed by atoms with Crippen molar-refractivity contribution in [1.82, 2.24) is 0 Å². The van der Waals surface area contributed by atoms with E-state index in [1.54, 1.807) is 0 Å². The van der Waals surface area contributed by atoms with Crippen LogP contribution < -0.4 is 4.74 Å². The van der Waals surface area contributed by atoms with Crippen molar-refractivity contribution in [2.24, 2.45) is 0 Å². The van der Waals surface area contributed by atoms with E-state index >= 15 is 0 Å². The molecule has 0 amide bonds. The average molecular weight is 220 g/mol. The fraction of sp³-hybridized carbons (Fsp3) is 0.571. The van der Waals surface area contributed by atoms with E-state index in [0.29, 0.717) is 6.61 Å². The van der Waals surface area contributed by atoms with Crippen molar-refractivity contribution in [1.29, 1.82) is 0 Å². The SMILES string of the molecule is Cc1ccc(OCC2(O)CCCCC2)cc1. The maximum Gasteiger partial charge on any atom is 0.119 e. The minimum Gasteiger partial charge on any atom is -0.491 e. The Kier molecular flexibility index (Phi) is 3.49. The zero-order valence-electron chi connectivity index (χ0n) is 9.91. The van der Waals surface area contributed by atoms with Gasteiger partial charge in [-0.2, -0.15) is 0 Å². The lowest BCUT2D eigenvalue weighted by Crippen LogP contribution is -2.37. The third kappa shape index (κ3) is 2.99. The molecule has 0 aliphatic heterocycles. The van der Waals surface area contributed by atoms with Crippen LogP contribution in [0.4, 0.5) is 0 Å². The third-order valence-electron chi connectivity index (χ3n) is 3.31. The Morgan fingerprint density at radius 1 is 1.12 bits per heavy atom. The molecule has 1 aromatic carbocycles. The smallest absolute Gasteiger partial charge is 0.119 e. The molecule has 88 valence electrons. The van der Waals surface area contributed by atoms with Gasteiger partial charge in [-0.1, -0.05) is 37.0 Å². The first-order valence-corrected chi connectivity index (χ1v) is 6.10. The molecule has 0 spiro atoms. The van der Waals surface area contributed by atoms with E-state index in [0.717, 1.165) is 31.4 Å². The summed E-state index contributed by atoms with van der Waals surface area (Å²) in [5.74, 6) is 0.851. The summed E-state index contributed by atoms with van der Waals surface area (Å²) in [6.07, 6.45) is 5.23. The monoisotopic (exact) mass is 220 g/mol. The van der Waals surface area contributed by atoms with Crippen molar-refractivity contribution >= 4 is 0 Å². The van der Waals surface area contributed by atoms with E-state index in [4.69, 9.17) is 4.74 Å². The normalized spacial score (nSPS) is 19.4. The Bertz CT molecular complexity index is 323. The van der Waals surface area contributed by atoms with Crippen molar-refractivity contribution in [3.8, 4) is 5.75 Å². The number of aryl methyl sites for hydroxylation is 1. The highest BCUT2D eigenvalue weighted by molar-refractivity contribution is 5.26. The van der Waals surface area contributed by atoms with Crippen LogP contribution in [0.5, 0.6) is 5.75 Å². The topological polar surface area (TPSA) is 29.5 Å². The lowest BCUT2D eigenvalue weighted by Gasteiger charge is -2.31. The van der Waals surface area contributed by atoms with Gasteiger partial charge in [0.25, 0.3) is 0 Å². The second-order valence-corrected chi connectivity index (χ2v) is 4.89. The molecule has 0 atom stereocenters.